The van der Waals surface area contributed by atoms with Crippen LogP contribution in [0.4, 0.5) is 16.4 Å². The number of H-pyrrole nitrogens is 1. The first kappa shape index (κ1) is 30.8. The molecule has 1 fully saturated rings. The zero-order chi connectivity index (χ0) is 31.4. The van der Waals surface area contributed by atoms with Crippen LogP contribution in [0.25, 0.3) is 0 Å². The molecule has 1 aromatic heterocycles. The molecule has 232 valence electrons. The molecule has 1 aliphatic heterocycles. The summed E-state index contributed by atoms with van der Waals surface area (Å²) in [6.45, 7) is 9.53. The molecule has 1 saturated carbocycles. The van der Waals surface area contributed by atoms with Gasteiger partial charge in [-0.15, -0.1) is 5.10 Å². The van der Waals surface area contributed by atoms with Crippen LogP contribution in [0.1, 0.15) is 103 Å². The maximum absolute atomic E-state index is 13.9. The molecule has 3 N–H and O–H groups in total. The van der Waals surface area contributed by atoms with Gasteiger partial charge in [0.2, 0.25) is 0 Å². The lowest BCUT2D eigenvalue weighted by molar-refractivity contribution is 0.0651. The first-order valence-electron chi connectivity index (χ1n) is 15.3. The van der Waals surface area contributed by atoms with E-state index in [2.05, 4.69) is 52.0 Å². The minimum Gasteiger partial charge on any atom is -0.317 e. The van der Waals surface area contributed by atoms with Gasteiger partial charge in [0.15, 0.2) is 0 Å². The molecule has 0 bridgehead atoms. The maximum atomic E-state index is 13.9. The van der Waals surface area contributed by atoms with Crippen molar-refractivity contribution in [3.63, 3.8) is 0 Å². The summed E-state index contributed by atoms with van der Waals surface area (Å²) in [4.78, 5) is 55.3. The largest absolute Gasteiger partial charge is 0.322 e. The summed E-state index contributed by atoms with van der Waals surface area (Å²) in [6, 6.07) is 11.7. The molecule has 0 spiro atoms. The van der Waals surface area contributed by atoms with Crippen molar-refractivity contribution >= 4 is 35.4 Å². The fourth-order valence-electron chi connectivity index (χ4n) is 6.05. The van der Waals surface area contributed by atoms with E-state index in [1.165, 1.54) is 4.90 Å². The summed E-state index contributed by atoms with van der Waals surface area (Å²) in [7, 11) is 0. The second-order valence-electron chi connectivity index (χ2n) is 12.7. The zero-order valence-corrected chi connectivity index (χ0v) is 25.7. The van der Waals surface area contributed by atoms with Gasteiger partial charge in [-0.3, -0.25) is 24.6 Å². The number of nitrogens with zero attached hydrogens (tertiary/aromatic N) is 5. The fourth-order valence-corrected chi connectivity index (χ4v) is 6.05. The lowest BCUT2D eigenvalue weighted by atomic mass is 9.71. The summed E-state index contributed by atoms with van der Waals surface area (Å²) in [5, 5.41) is 18.8. The van der Waals surface area contributed by atoms with Crippen molar-refractivity contribution in [3.8, 4) is 0 Å². The molecule has 5 amide bonds. The Balaban J connectivity index is 1.32. The Kier molecular flexibility index (Phi) is 9.07. The molecule has 2 aliphatic rings. The van der Waals surface area contributed by atoms with Crippen LogP contribution in [0, 0.1) is 11.3 Å². The number of hydrogen-bond acceptors (Lipinski definition) is 7. The number of hydrogen-bond donors (Lipinski definition) is 3. The SMILES string of the molecule is CCCCN1C(=O)c2ccc(NC(=O)N(Cc3ccc(C(=O)Nc4nn[nH]n4)cc3)C3CCC(C(C)(C)C)CC3)cc2C1=O. The van der Waals surface area contributed by atoms with E-state index in [1.807, 2.05) is 24.0 Å². The zero-order valence-electron chi connectivity index (χ0n) is 25.7. The van der Waals surface area contributed by atoms with Crippen molar-refractivity contribution in [3.05, 3.63) is 64.7 Å². The highest BCUT2D eigenvalue weighted by molar-refractivity contribution is 6.21. The summed E-state index contributed by atoms with van der Waals surface area (Å²) in [5.41, 5.74) is 2.64. The summed E-state index contributed by atoms with van der Waals surface area (Å²) >= 11 is 0. The number of carbonyl (C=O) groups is 4. The average molecular weight is 601 g/mol. The monoisotopic (exact) mass is 600 g/mol. The number of unbranched alkanes of at least 4 members (excludes halogenated alkanes) is 1. The Labute approximate surface area is 257 Å². The second kappa shape index (κ2) is 12.9. The van der Waals surface area contributed by atoms with E-state index >= 15 is 0 Å². The average Bonchev–Trinajstić information content (AvgIpc) is 3.60. The molecule has 12 nitrogen and oxygen atoms in total. The van der Waals surface area contributed by atoms with Gasteiger partial charge in [-0.1, -0.05) is 51.3 Å². The van der Waals surface area contributed by atoms with Gasteiger partial charge in [0.1, 0.15) is 0 Å². The number of imide groups is 1. The molecule has 0 unspecified atom stereocenters. The van der Waals surface area contributed by atoms with E-state index in [0.29, 0.717) is 41.4 Å². The van der Waals surface area contributed by atoms with Gasteiger partial charge in [0.05, 0.1) is 11.1 Å². The minimum absolute atomic E-state index is 0.0250. The first-order chi connectivity index (χ1) is 21.0. The van der Waals surface area contributed by atoms with E-state index in [-0.39, 0.29) is 41.2 Å². The number of amides is 5. The van der Waals surface area contributed by atoms with Crippen LogP contribution >= 0.6 is 0 Å². The molecule has 2 heterocycles. The maximum Gasteiger partial charge on any atom is 0.322 e. The van der Waals surface area contributed by atoms with Crippen LogP contribution in [0.15, 0.2) is 42.5 Å². The molecule has 5 rings (SSSR count). The fraction of sp³-hybridized carbons (Fsp3) is 0.469. The number of urea groups is 1. The van der Waals surface area contributed by atoms with Crippen molar-refractivity contribution in [1.29, 1.82) is 0 Å². The molecule has 12 heteroatoms. The van der Waals surface area contributed by atoms with Gasteiger partial charge < -0.3 is 10.2 Å². The van der Waals surface area contributed by atoms with Crippen LogP contribution in [-0.4, -0.2) is 66.8 Å². The van der Waals surface area contributed by atoms with Crippen molar-refractivity contribution in [2.45, 2.75) is 78.8 Å². The highest BCUT2D eigenvalue weighted by atomic mass is 16.2. The third kappa shape index (κ3) is 6.79. The number of nitrogens with one attached hydrogen (secondary N) is 3. The molecule has 1 aliphatic carbocycles. The third-order valence-electron chi connectivity index (χ3n) is 8.72. The lowest BCUT2D eigenvalue weighted by Crippen LogP contribution is -2.45. The van der Waals surface area contributed by atoms with E-state index < -0.39 is 0 Å². The first-order valence-corrected chi connectivity index (χ1v) is 15.3. The standard InChI is InChI=1S/C32H40N8O4/c1-5-6-17-39-28(42)25-16-13-23(18-26(25)29(39)43)33-31(44)40(24-14-11-22(12-15-24)32(2,3)4)19-20-7-9-21(10-8-20)27(41)34-30-35-37-38-36-30/h7-10,13,16,18,22,24H,5-6,11-12,14-15,17,19H2,1-4H3,(H,33,44)(H2,34,35,36,37,38,41). The smallest absolute Gasteiger partial charge is 0.317 e. The van der Waals surface area contributed by atoms with Crippen molar-refractivity contribution < 1.29 is 19.2 Å². The Hall–Kier alpha value is -4.61. The Morgan fingerprint density at radius 1 is 0.977 bits per heavy atom. The number of tetrazole rings is 1. The highest BCUT2D eigenvalue weighted by Crippen LogP contribution is 2.39. The van der Waals surface area contributed by atoms with E-state index in [1.54, 1.807) is 30.3 Å². The number of rotatable bonds is 9. The van der Waals surface area contributed by atoms with Crippen LogP contribution in [0.5, 0.6) is 0 Å². The quantitative estimate of drug-likeness (QED) is 0.275. The van der Waals surface area contributed by atoms with Crippen LogP contribution < -0.4 is 10.6 Å². The number of anilines is 2. The molecule has 3 aromatic rings. The summed E-state index contributed by atoms with van der Waals surface area (Å²) in [6.07, 6.45) is 5.42. The van der Waals surface area contributed by atoms with Crippen molar-refractivity contribution in [2.24, 2.45) is 11.3 Å². The predicted octanol–water partition coefficient (Wildman–Crippen LogP) is 5.49. The number of carbonyl (C=O) groups excluding carboxylic acids is 4. The highest BCUT2D eigenvalue weighted by Gasteiger charge is 2.36. The van der Waals surface area contributed by atoms with Gasteiger partial charge in [0, 0.05) is 30.4 Å². The van der Waals surface area contributed by atoms with Gasteiger partial charge in [0.25, 0.3) is 23.7 Å². The molecule has 2 aromatic carbocycles. The number of benzene rings is 2. The molecular weight excluding hydrogens is 560 g/mol. The van der Waals surface area contributed by atoms with Gasteiger partial charge in [-0.2, -0.15) is 5.21 Å². The predicted molar refractivity (Wildman–Crippen MR) is 165 cm³/mol. The molecule has 0 radical (unpaired) electrons. The van der Waals surface area contributed by atoms with E-state index in [9.17, 15) is 19.2 Å². The van der Waals surface area contributed by atoms with Crippen LogP contribution in [-0.2, 0) is 6.54 Å². The van der Waals surface area contributed by atoms with Crippen LogP contribution in [0.3, 0.4) is 0 Å². The molecule has 0 saturated heterocycles. The molecule has 44 heavy (non-hydrogen) atoms. The summed E-state index contributed by atoms with van der Waals surface area (Å²) in [5.74, 6) is -0.319. The number of aromatic nitrogens is 4. The Morgan fingerprint density at radius 2 is 1.68 bits per heavy atom. The summed E-state index contributed by atoms with van der Waals surface area (Å²) < 4.78 is 0. The Morgan fingerprint density at radius 3 is 2.32 bits per heavy atom. The minimum atomic E-state index is -0.369. The number of fused-ring (bicyclic) bond motifs is 1. The van der Waals surface area contributed by atoms with Crippen molar-refractivity contribution in [2.75, 3.05) is 17.2 Å². The molecular formula is C32H40N8O4. The topological polar surface area (TPSA) is 153 Å². The van der Waals surface area contributed by atoms with Gasteiger partial charge in [-0.25, -0.2) is 4.79 Å². The van der Waals surface area contributed by atoms with Gasteiger partial charge in [-0.05, 0) is 84.5 Å². The molecule has 0 atom stereocenters. The Bertz CT molecular complexity index is 1510. The second-order valence-corrected chi connectivity index (χ2v) is 12.7. The van der Waals surface area contributed by atoms with E-state index in [0.717, 1.165) is 44.1 Å². The third-order valence-corrected chi connectivity index (χ3v) is 8.72. The van der Waals surface area contributed by atoms with Crippen molar-refractivity contribution in [1.82, 2.24) is 30.4 Å². The lowest BCUT2D eigenvalue weighted by Gasteiger charge is -2.41. The number of aromatic amines is 1. The van der Waals surface area contributed by atoms with Crippen LogP contribution in [0.2, 0.25) is 0 Å². The van der Waals surface area contributed by atoms with Gasteiger partial charge >= 0.3 is 6.03 Å². The normalized spacial score (nSPS) is 18.2. The van der Waals surface area contributed by atoms with E-state index in [4.69, 9.17) is 0 Å².